The van der Waals surface area contributed by atoms with Gasteiger partial charge in [-0.3, -0.25) is 0 Å². The fourth-order valence-electron chi connectivity index (χ4n) is 3.45. The number of aromatic carboxylic acids is 1. The summed E-state index contributed by atoms with van der Waals surface area (Å²) in [5.41, 5.74) is 5.22. The minimum atomic E-state index is -0.820. The van der Waals surface area contributed by atoms with Gasteiger partial charge in [-0.1, -0.05) is 17.7 Å². The topological polar surface area (TPSA) is 40.5 Å². The van der Waals surface area contributed by atoms with Gasteiger partial charge in [0.1, 0.15) is 0 Å². The molecule has 0 aromatic heterocycles. The van der Waals surface area contributed by atoms with E-state index in [0.717, 1.165) is 24.8 Å². The van der Waals surface area contributed by atoms with Gasteiger partial charge in [0.05, 0.1) is 5.56 Å². The largest absolute Gasteiger partial charge is 0.478 e. The smallest absolute Gasteiger partial charge is 0.335 e. The molecule has 1 fully saturated rings. The number of likely N-dealkylation sites (tertiary alicyclic amines) is 1. The van der Waals surface area contributed by atoms with Crippen LogP contribution in [-0.2, 0) is 6.42 Å². The van der Waals surface area contributed by atoms with Crippen LogP contribution in [0.1, 0.15) is 52.7 Å². The zero-order chi connectivity index (χ0) is 14.8. The van der Waals surface area contributed by atoms with Gasteiger partial charge < -0.3 is 10.0 Å². The number of hydrogen-bond donors (Lipinski definition) is 1. The Morgan fingerprint density at radius 3 is 2.71 bits per heavy atom. The Balaban J connectivity index is 1.74. The van der Waals surface area contributed by atoms with Crippen LogP contribution in [0, 0.1) is 6.92 Å². The van der Waals surface area contributed by atoms with E-state index in [4.69, 9.17) is 0 Å². The van der Waals surface area contributed by atoms with E-state index in [2.05, 4.69) is 11.0 Å². The highest BCUT2D eigenvalue weighted by Crippen LogP contribution is 2.28. The predicted molar refractivity (Wildman–Crippen MR) is 84.7 cm³/mol. The Labute approximate surface area is 126 Å². The SMILES string of the molecule is Cc1cc2c(cc1C(=O)O)CCC(CCN1CCCC1)=C2. The summed E-state index contributed by atoms with van der Waals surface area (Å²) >= 11 is 0. The Bertz CT molecular complexity index is 583. The number of benzene rings is 1. The first-order valence-electron chi connectivity index (χ1n) is 7.92. The molecule has 0 saturated carbocycles. The normalized spacial score (nSPS) is 18.4. The van der Waals surface area contributed by atoms with Crippen LogP contribution in [-0.4, -0.2) is 35.6 Å². The monoisotopic (exact) mass is 285 g/mol. The van der Waals surface area contributed by atoms with Gasteiger partial charge in [-0.05, 0) is 74.9 Å². The molecule has 1 saturated heterocycles. The Morgan fingerprint density at radius 1 is 1.24 bits per heavy atom. The fraction of sp³-hybridized carbons (Fsp3) is 0.500. The number of rotatable bonds is 4. The van der Waals surface area contributed by atoms with E-state index in [1.54, 1.807) is 0 Å². The number of fused-ring (bicyclic) bond motifs is 1. The lowest BCUT2D eigenvalue weighted by Crippen LogP contribution is -2.21. The molecular formula is C18H23NO2. The molecule has 3 heteroatoms. The van der Waals surface area contributed by atoms with Crippen LogP contribution in [0.5, 0.6) is 0 Å². The Kier molecular flexibility index (Phi) is 4.11. The summed E-state index contributed by atoms with van der Waals surface area (Å²) in [6, 6.07) is 3.90. The Hall–Kier alpha value is -1.61. The number of nitrogens with zero attached hydrogens (tertiary/aromatic N) is 1. The van der Waals surface area contributed by atoms with Crippen molar-refractivity contribution < 1.29 is 9.90 Å². The quantitative estimate of drug-likeness (QED) is 0.920. The minimum absolute atomic E-state index is 0.447. The van der Waals surface area contributed by atoms with Gasteiger partial charge in [0.25, 0.3) is 0 Å². The van der Waals surface area contributed by atoms with Crippen molar-refractivity contribution in [1.29, 1.82) is 0 Å². The van der Waals surface area contributed by atoms with Crippen molar-refractivity contribution in [2.75, 3.05) is 19.6 Å². The highest BCUT2D eigenvalue weighted by Gasteiger charge is 2.17. The predicted octanol–water partition coefficient (Wildman–Crippen LogP) is 3.51. The molecule has 1 aromatic rings. The van der Waals surface area contributed by atoms with E-state index in [-0.39, 0.29) is 0 Å². The number of hydrogen-bond acceptors (Lipinski definition) is 2. The maximum absolute atomic E-state index is 11.2. The van der Waals surface area contributed by atoms with Gasteiger partial charge in [-0.15, -0.1) is 0 Å². The molecule has 1 aliphatic carbocycles. The molecule has 0 bridgehead atoms. The lowest BCUT2D eigenvalue weighted by Gasteiger charge is -2.20. The third-order valence-electron chi connectivity index (χ3n) is 4.74. The van der Waals surface area contributed by atoms with Crippen molar-refractivity contribution >= 4 is 12.0 Å². The Morgan fingerprint density at radius 2 is 2.00 bits per heavy atom. The van der Waals surface area contributed by atoms with Crippen LogP contribution >= 0.6 is 0 Å². The second kappa shape index (κ2) is 6.02. The van der Waals surface area contributed by atoms with Crippen molar-refractivity contribution in [2.24, 2.45) is 0 Å². The first-order valence-corrected chi connectivity index (χ1v) is 7.92. The van der Waals surface area contributed by atoms with E-state index in [9.17, 15) is 9.90 Å². The van der Waals surface area contributed by atoms with E-state index in [1.807, 2.05) is 19.1 Å². The van der Waals surface area contributed by atoms with Crippen LogP contribution in [0.15, 0.2) is 17.7 Å². The number of carboxylic acids is 1. The third-order valence-corrected chi connectivity index (χ3v) is 4.74. The van der Waals surface area contributed by atoms with E-state index >= 15 is 0 Å². The van der Waals surface area contributed by atoms with Gasteiger partial charge in [0.2, 0.25) is 0 Å². The first kappa shape index (κ1) is 14.3. The highest BCUT2D eigenvalue weighted by atomic mass is 16.4. The minimum Gasteiger partial charge on any atom is -0.478 e. The second-order valence-electron chi connectivity index (χ2n) is 6.27. The van der Waals surface area contributed by atoms with Gasteiger partial charge >= 0.3 is 5.97 Å². The van der Waals surface area contributed by atoms with Crippen molar-refractivity contribution in [3.8, 4) is 0 Å². The van der Waals surface area contributed by atoms with E-state index in [1.165, 1.54) is 49.2 Å². The average molecular weight is 285 g/mol. The highest BCUT2D eigenvalue weighted by molar-refractivity contribution is 5.90. The zero-order valence-corrected chi connectivity index (χ0v) is 12.7. The molecule has 0 unspecified atom stereocenters. The second-order valence-corrected chi connectivity index (χ2v) is 6.27. The number of aryl methyl sites for hydroxylation is 2. The van der Waals surface area contributed by atoms with Gasteiger partial charge in [0.15, 0.2) is 0 Å². The van der Waals surface area contributed by atoms with Crippen LogP contribution in [0.4, 0.5) is 0 Å². The molecule has 0 amide bonds. The van der Waals surface area contributed by atoms with Crippen LogP contribution < -0.4 is 0 Å². The molecule has 1 aromatic carbocycles. The van der Waals surface area contributed by atoms with Crippen LogP contribution in [0.3, 0.4) is 0 Å². The summed E-state index contributed by atoms with van der Waals surface area (Å²) in [6.07, 6.45) is 8.18. The van der Waals surface area contributed by atoms with Crippen molar-refractivity contribution in [3.63, 3.8) is 0 Å². The fourth-order valence-corrected chi connectivity index (χ4v) is 3.45. The average Bonchev–Trinajstić information content (AvgIpc) is 2.97. The van der Waals surface area contributed by atoms with Crippen molar-refractivity contribution in [2.45, 2.75) is 39.0 Å². The molecule has 1 aliphatic heterocycles. The molecule has 0 radical (unpaired) electrons. The van der Waals surface area contributed by atoms with Crippen molar-refractivity contribution in [3.05, 3.63) is 40.0 Å². The summed E-state index contributed by atoms with van der Waals surface area (Å²) in [5, 5.41) is 9.20. The summed E-state index contributed by atoms with van der Waals surface area (Å²) in [6.45, 7) is 5.57. The molecule has 0 spiro atoms. The molecule has 112 valence electrons. The lowest BCUT2D eigenvalue weighted by atomic mass is 9.88. The number of carboxylic acid groups (broad SMARTS) is 1. The molecule has 1 N–H and O–H groups in total. The van der Waals surface area contributed by atoms with Crippen LogP contribution in [0.25, 0.3) is 6.08 Å². The summed E-state index contributed by atoms with van der Waals surface area (Å²) in [4.78, 5) is 13.8. The molecule has 0 atom stereocenters. The third kappa shape index (κ3) is 3.18. The molecule has 21 heavy (non-hydrogen) atoms. The molecule has 3 rings (SSSR count). The lowest BCUT2D eigenvalue weighted by molar-refractivity contribution is 0.0696. The maximum atomic E-state index is 11.2. The molecule has 2 aliphatic rings. The summed E-state index contributed by atoms with van der Waals surface area (Å²) in [7, 11) is 0. The van der Waals surface area contributed by atoms with Crippen molar-refractivity contribution in [1.82, 2.24) is 4.90 Å². The molecule has 3 nitrogen and oxygen atoms in total. The first-order chi connectivity index (χ1) is 10.1. The summed E-state index contributed by atoms with van der Waals surface area (Å²) < 4.78 is 0. The van der Waals surface area contributed by atoms with Gasteiger partial charge in [-0.25, -0.2) is 4.79 Å². The standard InChI is InChI=1S/C18H23NO2/c1-13-10-16-11-14(6-9-19-7-2-3-8-19)4-5-15(16)12-17(13)18(20)21/h10-12H,2-9H2,1H3,(H,20,21). The van der Waals surface area contributed by atoms with Gasteiger partial charge in [-0.2, -0.15) is 0 Å². The maximum Gasteiger partial charge on any atom is 0.335 e. The van der Waals surface area contributed by atoms with E-state index < -0.39 is 5.97 Å². The van der Waals surface area contributed by atoms with E-state index in [0.29, 0.717) is 5.56 Å². The summed E-state index contributed by atoms with van der Waals surface area (Å²) in [5.74, 6) is -0.820. The number of carbonyl (C=O) groups is 1. The molecular weight excluding hydrogens is 262 g/mol. The zero-order valence-electron chi connectivity index (χ0n) is 12.7. The molecule has 1 heterocycles. The van der Waals surface area contributed by atoms with Gasteiger partial charge in [0, 0.05) is 6.54 Å². The van der Waals surface area contributed by atoms with Crippen LogP contribution in [0.2, 0.25) is 0 Å².